The standard InChI is InChI=1S/C23H39O5P/c1-9-11-13-26-29(25,27-14-12-10-2)19(5)22(24)28-21-18(4)15-17(3)16-20(21)23(6,7)8/h15-16,19H,9-14H2,1-8H3. The Hall–Kier alpha value is -1.16. The SMILES string of the molecule is CCCCOP(=O)(OCCCC)C(C)C(=O)Oc1c(C)cc(C)cc1C(C)(C)C. The molecule has 166 valence electrons. The molecule has 0 bridgehead atoms. The lowest BCUT2D eigenvalue weighted by Crippen LogP contribution is -2.27. The van der Waals surface area contributed by atoms with E-state index < -0.39 is 19.2 Å². The minimum absolute atomic E-state index is 0.200. The van der Waals surface area contributed by atoms with Crippen molar-refractivity contribution in [2.45, 2.75) is 92.1 Å². The number of benzene rings is 1. The molecule has 0 spiro atoms. The molecule has 5 nitrogen and oxygen atoms in total. The fraction of sp³-hybridized carbons (Fsp3) is 0.696. The van der Waals surface area contributed by atoms with E-state index in [9.17, 15) is 9.36 Å². The van der Waals surface area contributed by atoms with Crippen molar-refractivity contribution in [3.63, 3.8) is 0 Å². The van der Waals surface area contributed by atoms with Crippen LogP contribution in [0.2, 0.25) is 0 Å². The molecule has 1 rings (SSSR count). The second-order valence-corrected chi connectivity index (χ2v) is 11.1. The molecule has 6 heteroatoms. The number of unbranched alkanes of at least 4 members (excludes halogenated alkanes) is 2. The van der Waals surface area contributed by atoms with E-state index in [0.29, 0.717) is 19.0 Å². The number of hydrogen-bond acceptors (Lipinski definition) is 5. The topological polar surface area (TPSA) is 61.8 Å². The van der Waals surface area contributed by atoms with Crippen LogP contribution in [0.1, 0.15) is 83.9 Å². The predicted molar refractivity (Wildman–Crippen MR) is 119 cm³/mol. The van der Waals surface area contributed by atoms with Gasteiger partial charge >= 0.3 is 13.6 Å². The molecule has 0 saturated heterocycles. The lowest BCUT2D eigenvalue weighted by atomic mass is 9.84. The minimum atomic E-state index is -3.62. The normalized spacial score (nSPS) is 13.4. The maximum Gasteiger partial charge on any atom is 0.344 e. The van der Waals surface area contributed by atoms with Crippen molar-refractivity contribution < 1.29 is 23.1 Å². The van der Waals surface area contributed by atoms with Gasteiger partial charge in [0.15, 0.2) is 5.66 Å². The van der Waals surface area contributed by atoms with E-state index in [4.69, 9.17) is 13.8 Å². The first kappa shape index (κ1) is 25.9. The summed E-state index contributed by atoms with van der Waals surface area (Å²) in [6.07, 6.45) is 3.33. The second kappa shape index (κ2) is 11.3. The van der Waals surface area contributed by atoms with Crippen molar-refractivity contribution in [3.8, 4) is 5.75 Å². The van der Waals surface area contributed by atoms with E-state index in [1.54, 1.807) is 6.92 Å². The van der Waals surface area contributed by atoms with Crippen molar-refractivity contribution in [3.05, 3.63) is 28.8 Å². The lowest BCUT2D eigenvalue weighted by Gasteiger charge is -2.27. The molecule has 0 saturated carbocycles. The van der Waals surface area contributed by atoms with Gasteiger partial charge in [-0.2, -0.15) is 0 Å². The quantitative estimate of drug-likeness (QED) is 0.170. The highest BCUT2D eigenvalue weighted by Gasteiger charge is 2.40. The second-order valence-electron chi connectivity index (χ2n) is 8.72. The summed E-state index contributed by atoms with van der Waals surface area (Å²) in [6.45, 7) is 16.4. The van der Waals surface area contributed by atoms with Crippen molar-refractivity contribution in [1.29, 1.82) is 0 Å². The Bertz CT molecular complexity index is 707. The van der Waals surface area contributed by atoms with Crippen molar-refractivity contribution in [2.75, 3.05) is 13.2 Å². The van der Waals surface area contributed by atoms with Gasteiger partial charge in [-0.05, 0) is 44.6 Å². The lowest BCUT2D eigenvalue weighted by molar-refractivity contribution is -0.134. The summed E-state index contributed by atoms with van der Waals surface area (Å²) >= 11 is 0. The highest BCUT2D eigenvalue weighted by atomic mass is 31.2. The smallest absolute Gasteiger partial charge is 0.344 e. The number of hydrogen-bond donors (Lipinski definition) is 0. The van der Waals surface area contributed by atoms with Gasteiger partial charge in [0, 0.05) is 5.56 Å². The highest BCUT2D eigenvalue weighted by molar-refractivity contribution is 7.55. The van der Waals surface area contributed by atoms with Crippen LogP contribution in [0.3, 0.4) is 0 Å². The molecule has 1 atom stereocenters. The zero-order valence-electron chi connectivity index (χ0n) is 19.5. The first-order valence-electron chi connectivity index (χ1n) is 10.7. The van der Waals surface area contributed by atoms with Gasteiger partial charge in [-0.15, -0.1) is 0 Å². The van der Waals surface area contributed by atoms with Crippen LogP contribution in [0.4, 0.5) is 0 Å². The van der Waals surface area contributed by atoms with Crippen LogP contribution in [-0.2, 0) is 23.8 Å². The molecule has 0 N–H and O–H groups in total. The molecule has 0 radical (unpaired) electrons. The first-order chi connectivity index (χ1) is 13.5. The average molecular weight is 427 g/mol. The molecule has 0 fully saturated rings. The molecule has 1 aromatic carbocycles. The molecule has 0 heterocycles. The molecule has 1 aromatic rings. The van der Waals surface area contributed by atoms with E-state index in [0.717, 1.165) is 42.4 Å². The van der Waals surface area contributed by atoms with Crippen LogP contribution in [0.5, 0.6) is 5.75 Å². The molecule has 0 aliphatic heterocycles. The molecule has 1 unspecified atom stereocenters. The third kappa shape index (κ3) is 7.55. The summed E-state index contributed by atoms with van der Waals surface area (Å²) in [5.74, 6) is -0.0487. The van der Waals surface area contributed by atoms with Gasteiger partial charge in [0.25, 0.3) is 0 Å². The van der Waals surface area contributed by atoms with E-state index in [1.807, 2.05) is 39.8 Å². The Labute approximate surface area is 177 Å². The monoisotopic (exact) mass is 426 g/mol. The Morgan fingerprint density at radius 3 is 2.00 bits per heavy atom. The van der Waals surface area contributed by atoms with Crippen LogP contribution in [0.25, 0.3) is 0 Å². The van der Waals surface area contributed by atoms with Crippen LogP contribution in [0.15, 0.2) is 12.1 Å². The Morgan fingerprint density at radius 2 is 1.55 bits per heavy atom. The minimum Gasteiger partial charge on any atom is -0.425 e. The van der Waals surface area contributed by atoms with Gasteiger partial charge in [0.2, 0.25) is 0 Å². The van der Waals surface area contributed by atoms with Gasteiger partial charge in [-0.25, -0.2) is 0 Å². The fourth-order valence-electron chi connectivity index (χ4n) is 2.90. The largest absolute Gasteiger partial charge is 0.425 e. The zero-order valence-corrected chi connectivity index (χ0v) is 20.4. The Balaban J connectivity index is 3.13. The van der Waals surface area contributed by atoms with E-state index in [1.165, 1.54) is 0 Å². The number of esters is 1. The van der Waals surface area contributed by atoms with Crippen molar-refractivity contribution >= 4 is 13.6 Å². The Kier molecular flexibility index (Phi) is 10.1. The summed E-state index contributed by atoms with van der Waals surface area (Å²) in [7, 11) is -3.62. The zero-order chi connectivity index (χ0) is 22.2. The van der Waals surface area contributed by atoms with Gasteiger partial charge in [0.1, 0.15) is 5.75 Å². The van der Waals surface area contributed by atoms with Gasteiger partial charge in [0.05, 0.1) is 13.2 Å². The molecule has 0 aliphatic carbocycles. The maximum absolute atomic E-state index is 13.4. The molecule has 0 amide bonds. The van der Waals surface area contributed by atoms with Crippen LogP contribution >= 0.6 is 7.60 Å². The van der Waals surface area contributed by atoms with Gasteiger partial charge in [-0.3, -0.25) is 9.36 Å². The van der Waals surface area contributed by atoms with Crippen molar-refractivity contribution in [1.82, 2.24) is 0 Å². The molecule has 0 aromatic heterocycles. The van der Waals surface area contributed by atoms with Crippen LogP contribution in [-0.4, -0.2) is 24.8 Å². The molecular weight excluding hydrogens is 387 g/mol. The number of carbonyl (C=O) groups excluding carboxylic acids is 1. The fourth-order valence-corrected chi connectivity index (χ4v) is 4.49. The summed E-state index contributed by atoms with van der Waals surface area (Å²) < 4.78 is 30.4. The molecule has 29 heavy (non-hydrogen) atoms. The number of ether oxygens (including phenoxy) is 1. The van der Waals surface area contributed by atoms with Gasteiger partial charge < -0.3 is 13.8 Å². The average Bonchev–Trinajstić information content (AvgIpc) is 2.62. The molecular formula is C23H39O5P. The van der Waals surface area contributed by atoms with E-state index in [2.05, 4.69) is 20.8 Å². The third-order valence-electron chi connectivity index (χ3n) is 4.78. The van der Waals surface area contributed by atoms with Crippen LogP contribution < -0.4 is 4.74 Å². The van der Waals surface area contributed by atoms with Gasteiger partial charge in [-0.1, -0.05) is 65.2 Å². The first-order valence-corrected chi connectivity index (χ1v) is 12.3. The number of carbonyl (C=O) groups is 1. The third-order valence-corrected chi connectivity index (χ3v) is 7.03. The Morgan fingerprint density at radius 1 is 1.03 bits per heavy atom. The molecule has 0 aliphatic rings. The number of rotatable bonds is 11. The maximum atomic E-state index is 13.4. The summed E-state index contributed by atoms with van der Waals surface area (Å²) in [6, 6.07) is 4.02. The summed E-state index contributed by atoms with van der Waals surface area (Å²) in [5, 5.41) is 0. The highest BCUT2D eigenvalue weighted by Crippen LogP contribution is 2.54. The summed E-state index contributed by atoms with van der Waals surface area (Å²) in [4.78, 5) is 13.0. The van der Waals surface area contributed by atoms with E-state index in [-0.39, 0.29) is 5.41 Å². The van der Waals surface area contributed by atoms with E-state index >= 15 is 0 Å². The van der Waals surface area contributed by atoms with Crippen molar-refractivity contribution in [2.24, 2.45) is 0 Å². The summed E-state index contributed by atoms with van der Waals surface area (Å²) in [5.41, 5.74) is 1.74. The predicted octanol–water partition coefficient (Wildman–Crippen LogP) is 6.72. The number of aryl methyl sites for hydroxylation is 2. The van der Waals surface area contributed by atoms with Crippen LogP contribution in [0, 0.1) is 13.8 Å².